The predicted octanol–water partition coefficient (Wildman–Crippen LogP) is 0.814. The number of anilines is 3. The molecule has 2 aliphatic rings. The lowest BCUT2D eigenvalue weighted by Gasteiger charge is -2.32. The van der Waals surface area contributed by atoms with E-state index in [0.29, 0.717) is 25.9 Å². The number of fused-ring (bicyclic) bond motifs is 1. The van der Waals surface area contributed by atoms with E-state index in [4.69, 9.17) is 5.73 Å². The molecule has 3 heterocycles. The number of rotatable bonds is 4. The van der Waals surface area contributed by atoms with E-state index in [1.54, 1.807) is 4.90 Å². The molecule has 0 aliphatic carbocycles. The summed E-state index contributed by atoms with van der Waals surface area (Å²) in [5.74, 6) is -5.08. The highest BCUT2D eigenvalue weighted by molar-refractivity contribution is 6.04. The van der Waals surface area contributed by atoms with Gasteiger partial charge in [0.25, 0.3) is 5.56 Å². The topological polar surface area (TPSA) is 150 Å². The highest BCUT2D eigenvalue weighted by Crippen LogP contribution is 2.31. The zero-order valence-corrected chi connectivity index (χ0v) is 16.8. The maximum atomic E-state index is 13.4. The number of amides is 3. The van der Waals surface area contributed by atoms with Crippen LogP contribution >= 0.6 is 0 Å². The first kappa shape index (κ1) is 21.4. The number of hydrogen-bond acceptors (Lipinski definition) is 6. The largest absolute Gasteiger partial charge is 0.369 e. The Kier molecular flexibility index (Phi) is 5.59. The van der Waals surface area contributed by atoms with Crippen LogP contribution in [0.5, 0.6) is 0 Å². The van der Waals surface area contributed by atoms with E-state index in [-0.39, 0.29) is 41.3 Å². The van der Waals surface area contributed by atoms with Crippen LogP contribution in [0.1, 0.15) is 30.7 Å². The molecule has 1 aromatic carbocycles. The lowest BCUT2D eigenvalue weighted by Crippen LogP contribution is -2.41. The van der Waals surface area contributed by atoms with Gasteiger partial charge in [-0.3, -0.25) is 24.2 Å². The number of nitrogens with two attached hydrogens (primary N) is 1. The van der Waals surface area contributed by atoms with Crippen LogP contribution in [-0.2, 0) is 14.4 Å². The summed E-state index contributed by atoms with van der Waals surface area (Å²) >= 11 is 0. The smallest absolute Gasteiger partial charge is 0.258 e. The van der Waals surface area contributed by atoms with Gasteiger partial charge in [-0.2, -0.15) is 4.98 Å². The van der Waals surface area contributed by atoms with Crippen molar-refractivity contribution in [3.05, 3.63) is 45.8 Å². The third-order valence-corrected chi connectivity index (χ3v) is 5.64. The molecule has 4 rings (SSSR count). The molecule has 0 bridgehead atoms. The molecule has 1 saturated heterocycles. The monoisotopic (exact) mass is 446 g/mol. The zero-order chi connectivity index (χ0) is 23.0. The molecule has 1 fully saturated rings. The number of carbonyl (C=O) groups excluding carboxylic acids is 3. The number of carbonyl (C=O) groups is 3. The summed E-state index contributed by atoms with van der Waals surface area (Å²) in [6, 6.07) is 2.83. The van der Waals surface area contributed by atoms with Crippen LogP contribution in [0.15, 0.2) is 23.0 Å². The van der Waals surface area contributed by atoms with Gasteiger partial charge in [-0.1, -0.05) is 0 Å². The zero-order valence-electron chi connectivity index (χ0n) is 16.8. The van der Waals surface area contributed by atoms with E-state index < -0.39 is 34.9 Å². The van der Waals surface area contributed by atoms with E-state index >= 15 is 0 Å². The lowest BCUT2D eigenvalue weighted by molar-refractivity contribution is -0.123. The Hall–Kier alpha value is -3.83. The molecular weight excluding hydrogens is 426 g/mol. The molecule has 0 radical (unpaired) electrons. The molecular formula is C20H20F2N6O4. The molecule has 1 atom stereocenters. The third kappa shape index (κ3) is 4.15. The summed E-state index contributed by atoms with van der Waals surface area (Å²) in [5.41, 5.74) is 4.69. The summed E-state index contributed by atoms with van der Waals surface area (Å²) in [7, 11) is 0. The molecule has 0 unspecified atom stereocenters. The van der Waals surface area contributed by atoms with Crippen molar-refractivity contribution in [1.29, 1.82) is 0 Å². The molecule has 1 aromatic heterocycles. The van der Waals surface area contributed by atoms with Gasteiger partial charge >= 0.3 is 0 Å². The minimum Gasteiger partial charge on any atom is -0.369 e. The molecule has 0 spiro atoms. The molecule has 3 amide bonds. The third-order valence-electron chi connectivity index (χ3n) is 5.64. The number of nitrogens with one attached hydrogen (secondary N) is 3. The Labute approximate surface area is 180 Å². The highest BCUT2D eigenvalue weighted by Gasteiger charge is 2.35. The van der Waals surface area contributed by atoms with Crippen molar-refractivity contribution in [2.75, 3.05) is 28.6 Å². The number of nitrogens with zero attached hydrogens (tertiary/aromatic N) is 2. The molecule has 12 heteroatoms. The van der Waals surface area contributed by atoms with Crippen molar-refractivity contribution in [3.8, 4) is 0 Å². The summed E-state index contributed by atoms with van der Waals surface area (Å²) in [4.78, 5) is 57.9. The number of piperidine rings is 1. The van der Waals surface area contributed by atoms with Crippen molar-refractivity contribution < 1.29 is 23.2 Å². The second-order valence-corrected chi connectivity index (χ2v) is 7.74. The fraction of sp³-hybridized carbons (Fsp3) is 0.350. The Bertz CT molecular complexity index is 1160. The van der Waals surface area contributed by atoms with E-state index in [9.17, 15) is 28.0 Å². The number of H-pyrrole nitrogens is 1. The first-order valence-electron chi connectivity index (χ1n) is 9.97. The van der Waals surface area contributed by atoms with Crippen molar-refractivity contribution in [1.82, 2.24) is 9.97 Å². The second-order valence-electron chi connectivity index (χ2n) is 7.74. The molecule has 0 saturated carbocycles. The fourth-order valence-electron chi connectivity index (χ4n) is 3.91. The molecule has 10 nitrogen and oxygen atoms in total. The summed E-state index contributed by atoms with van der Waals surface area (Å²) in [6.07, 6.45) is 0.695. The maximum absolute atomic E-state index is 13.4. The maximum Gasteiger partial charge on any atom is 0.258 e. The fourth-order valence-corrected chi connectivity index (χ4v) is 3.91. The SMILES string of the molecule is NC(=O)C1CCN(c2nc3c(c(=O)[nH]2)[C@@H](C(=O)Nc2ccc(F)c(F)c2)CC(=O)N3)CC1. The summed E-state index contributed by atoms with van der Waals surface area (Å²) in [5, 5.41) is 4.91. The molecule has 32 heavy (non-hydrogen) atoms. The average Bonchev–Trinajstić information content (AvgIpc) is 2.75. The molecule has 5 N–H and O–H groups in total. The van der Waals surface area contributed by atoms with Crippen LogP contribution < -0.4 is 26.8 Å². The van der Waals surface area contributed by atoms with E-state index in [0.717, 1.165) is 12.1 Å². The van der Waals surface area contributed by atoms with Gasteiger partial charge in [-0.15, -0.1) is 0 Å². The quantitative estimate of drug-likeness (QED) is 0.546. The van der Waals surface area contributed by atoms with Crippen LogP contribution in [0.2, 0.25) is 0 Å². The Morgan fingerprint density at radius 1 is 1.16 bits per heavy atom. The lowest BCUT2D eigenvalue weighted by atomic mass is 9.92. The minimum atomic E-state index is -1.17. The van der Waals surface area contributed by atoms with Crippen molar-refractivity contribution >= 4 is 35.2 Å². The van der Waals surface area contributed by atoms with Gasteiger partial charge in [-0.05, 0) is 25.0 Å². The summed E-state index contributed by atoms with van der Waals surface area (Å²) in [6.45, 7) is 0.868. The van der Waals surface area contributed by atoms with Crippen molar-refractivity contribution in [2.24, 2.45) is 11.7 Å². The van der Waals surface area contributed by atoms with E-state index in [1.807, 2.05) is 0 Å². The van der Waals surface area contributed by atoms with Crippen LogP contribution in [0.3, 0.4) is 0 Å². The number of benzene rings is 1. The Morgan fingerprint density at radius 2 is 1.88 bits per heavy atom. The Balaban J connectivity index is 1.59. The second kappa shape index (κ2) is 8.36. The highest BCUT2D eigenvalue weighted by atomic mass is 19.2. The van der Waals surface area contributed by atoms with Gasteiger partial charge in [0.1, 0.15) is 5.82 Å². The molecule has 168 valence electrons. The van der Waals surface area contributed by atoms with Crippen LogP contribution in [0.4, 0.5) is 26.2 Å². The van der Waals surface area contributed by atoms with E-state index in [2.05, 4.69) is 20.6 Å². The van der Waals surface area contributed by atoms with Gasteiger partial charge in [0.2, 0.25) is 23.7 Å². The van der Waals surface area contributed by atoms with Gasteiger partial charge in [0, 0.05) is 37.2 Å². The normalized spacial score (nSPS) is 18.6. The standard InChI is InChI=1S/C20H20F2N6O4/c21-12-2-1-10(7-13(12)22)24-18(31)11-8-14(29)25-17-15(11)19(32)27-20(26-17)28-5-3-9(4-6-28)16(23)30/h1-2,7,9,11H,3-6,8H2,(H2,23,30)(H,24,31)(H2,25,26,27,29,32)/t11-/m0/s1. The number of halogens is 2. The van der Waals surface area contributed by atoms with Crippen molar-refractivity contribution in [2.45, 2.75) is 25.2 Å². The van der Waals surface area contributed by atoms with Gasteiger partial charge in [-0.25, -0.2) is 8.78 Å². The van der Waals surface area contributed by atoms with Gasteiger partial charge in [0.15, 0.2) is 11.6 Å². The van der Waals surface area contributed by atoms with E-state index in [1.165, 1.54) is 6.07 Å². The van der Waals surface area contributed by atoms with Gasteiger partial charge < -0.3 is 21.3 Å². The minimum absolute atomic E-state index is 0.0141. The Morgan fingerprint density at radius 3 is 2.53 bits per heavy atom. The number of hydrogen-bond donors (Lipinski definition) is 4. The number of aromatic nitrogens is 2. The molecule has 2 aliphatic heterocycles. The number of primary amides is 1. The predicted molar refractivity (Wildman–Crippen MR) is 110 cm³/mol. The summed E-state index contributed by atoms with van der Waals surface area (Å²) < 4.78 is 26.6. The first-order valence-corrected chi connectivity index (χ1v) is 9.97. The van der Waals surface area contributed by atoms with Crippen LogP contribution in [0.25, 0.3) is 0 Å². The first-order chi connectivity index (χ1) is 15.2. The number of aromatic amines is 1. The van der Waals surface area contributed by atoms with Crippen LogP contribution in [-0.4, -0.2) is 40.8 Å². The van der Waals surface area contributed by atoms with Crippen molar-refractivity contribution in [3.63, 3.8) is 0 Å². The average molecular weight is 446 g/mol. The molecule has 2 aromatic rings. The van der Waals surface area contributed by atoms with Gasteiger partial charge in [0.05, 0.1) is 11.5 Å². The van der Waals surface area contributed by atoms with Crippen LogP contribution in [0, 0.1) is 17.6 Å².